The predicted octanol–water partition coefficient (Wildman–Crippen LogP) is 2.21. The van der Waals surface area contributed by atoms with Crippen LogP contribution in [0.5, 0.6) is 0 Å². The van der Waals surface area contributed by atoms with Gasteiger partial charge in [0, 0.05) is 24.8 Å². The molecule has 150 valence electrons. The Morgan fingerprint density at radius 2 is 1.69 bits per heavy atom. The number of rotatable bonds is 6. The number of para-hydroxylation sites is 1. The Morgan fingerprint density at radius 3 is 2.34 bits per heavy atom. The van der Waals surface area contributed by atoms with Gasteiger partial charge in [0.1, 0.15) is 5.69 Å². The summed E-state index contributed by atoms with van der Waals surface area (Å²) in [6.45, 7) is 1.51. The summed E-state index contributed by atoms with van der Waals surface area (Å²) >= 11 is 5.21. The van der Waals surface area contributed by atoms with Crippen LogP contribution >= 0.6 is 12.2 Å². The Kier molecular flexibility index (Phi) is 6.94. The number of aromatic nitrogens is 2. The van der Waals surface area contributed by atoms with Gasteiger partial charge in [0.05, 0.1) is 11.3 Å². The zero-order valence-electron chi connectivity index (χ0n) is 16.4. The van der Waals surface area contributed by atoms with E-state index < -0.39 is 0 Å². The number of hydrogen-bond acceptors (Lipinski definition) is 4. The SMILES string of the molecule is CN(C)CCNC(=S)NNC(=O)c1cn(-c2ccccc2)nc1-c1ccccc1. The molecule has 2 aromatic carbocycles. The molecule has 0 atom stereocenters. The highest BCUT2D eigenvalue weighted by Crippen LogP contribution is 2.23. The van der Waals surface area contributed by atoms with E-state index in [0.717, 1.165) is 17.8 Å². The number of amides is 1. The molecule has 3 aromatic rings. The fourth-order valence-corrected chi connectivity index (χ4v) is 2.83. The van der Waals surface area contributed by atoms with Crippen molar-refractivity contribution in [3.05, 3.63) is 72.4 Å². The van der Waals surface area contributed by atoms with Crippen molar-refractivity contribution in [3.8, 4) is 16.9 Å². The first-order chi connectivity index (χ1) is 14.0. The third kappa shape index (κ3) is 5.63. The Labute approximate surface area is 175 Å². The van der Waals surface area contributed by atoms with Crippen LogP contribution in [0.15, 0.2) is 66.9 Å². The van der Waals surface area contributed by atoms with Gasteiger partial charge in [-0.1, -0.05) is 48.5 Å². The van der Waals surface area contributed by atoms with E-state index in [1.807, 2.05) is 79.7 Å². The number of carbonyl (C=O) groups is 1. The van der Waals surface area contributed by atoms with Crippen LogP contribution < -0.4 is 16.2 Å². The first-order valence-electron chi connectivity index (χ1n) is 9.24. The van der Waals surface area contributed by atoms with Gasteiger partial charge in [0.15, 0.2) is 5.11 Å². The second kappa shape index (κ2) is 9.81. The zero-order valence-corrected chi connectivity index (χ0v) is 17.2. The lowest BCUT2D eigenvalue weighted by Crippen LogP contribution is -2.48. The van der Waals surface area contributed by atoms with Gasteiger partial charge in [0.2, 0.25) is 0 Å². The van der Waals surface area contributed by atoms with Crippen molar-refractivity contribution in [3.63, 3.8) is 0 Å². The molecule has 0 spiro atoms. The lowest BCUT2D eigenvalue weighted by Gasteiger charge is -2.13. The van der Waals surface area contributed by atoms with Gasteiger partial charge in [-0.15, -0.1) is 0 Å². The molecule has 1 aromatic heterocycles. The number of hydrazine groups is 1. The van der Waals surface area contributed by atoms with Gasteiger partial charge >= 0.3 is 0 Å². The average molecular weight is 409 g/mol. The summed E-state index contributed by atoms with van der Waals surface area (Å²) in [5.41, 5.74) is 8.18. The van der Waals surface area contributed by atoms with E-state index >= 15 is 0 Å². The minimum Gasteiger partial charge on any atom is -0.360 e. The molecule has 0 radical (unpaired) electrons. The molecule has 1 amide bonds. The summed E-state index contributed by atoms with van der Waals surface area (Å²) in [5.74, 6) is -0.317. The van der Waals surface area contributed by atoms with Crippen molar-refractivity contribution in [2.24, 2.45) is 0 Å². The van der Waals surface area contributed by atoms with Gasteiger partial charge in [-0.25, -0.2) is 4.68 Å². The molecule has 0 aliphatic heterocycles. The highest BCUT2D eigenvalue weighted by atomic mass is 32.1. The third-order valence-electron chi connectivity index (χ3n) is 4.16. The number of likely N-dealkylation sites (N-methyl/N-ethyl adjacent to an activating group) is 1. The first kappa shape index (κ1) is 20.5. The van der Waals surface area contributed by atoms with Crippen LogP contribution in [0, 0.1) is 0 Å². The van der Waals surface area contributed by atoms with Crippen LogP contribution in [0.2, 0.25) is 0 Å². The second-order valence-corrected chi connectivity index (χ2v) is 7.08. The summed E-state index contributed by atoms with van der Waals surface area (Å²) in [6.07, 6.45) is 1.72. The zero-order chi connectivity index (χ0) is 20.6. The molecule has 7 nitrogen and oxygen atoms in total. The lowest BCUT2D eigenvalue weighted by atomic mass is 10.1. The van der Waals surface area contributed by atoms with E-state index in [0.29, 0.717) is 22.9 Å². The predicted molar refractivity (Wildman–Crippen MR) is 119 cm³/mol. The molecule has 3 N–H and O–H groups in total. The molecule has 0 saturated heterocycles. The molecular weight excluding hydrogens is 384 g/mol. The smallest absolute Gasteiger partial charge is 0.273 e. The molecule has 0 unspecified atom stereocenters. The molecule has 0 saturated carbocycles. The van der Waals surface area contributed by atoms with E-state index in [9.17, 15) is 4.79 Å². The van der Waals surface area contributed by atoms with Crippen LogP contribution in [0.4, 0.5) is 0 Å². The number of nitrogens with zero attached hydrogens (tertiary/aromatic N) is 3. The maximum Gasteiger partial charge on any atom is 0.273 e. The van der Waals surface area contributed by atoms with Gasteiger partial charge in [-0.3, -0.25) is 15.6 Å². The second-order valence-electron chi connectivity index (χ2n) is 6.68. The fourth-order valence-electron chi connectivity index (χ4n) is 2.68. The van der Waals surface area contributed by atoms with Crippen molar-refractivity contribution in [2.75, 3.05) is 27.2 Å². The number of thiocarbonyl (C=S) groups is 1. The summed E-state index contributed by atoms with van der Waals surface area (Å²) < 4.78 is 1.70. The molecule has 0 bridgehead atoms. The van der Waals surface area contributed by atoms with Gasteiger partial charge < -0.3 is 10.2 Å². The normalized spacial score (nSPS) is 10.6. The first-order valence-corrected chi connectivity index (χ1v) is 9.65. The summed E-state index contributed by atoms with van der Waals surface area (Å²) in [5, 5.41) is 8.04. The minimum atomic E-state index is -0.317. The van der Waals surface area contributed by atoms with E-state index in [1.165, 1.54) is 0 Å². The van der Waals surface area contributed by atoms with E-state index in [4.69, 9.17) is 12.2 Å². The quantitative estimate of drug-likeness (QED) is 0.429. The van der Waals surface area contributed by atoms with Crippen LogP contribution in [0.1, 0.15) is 10.4 Å². The Bertz CT molecular complexity index is 956. The Morgan fingerprint density at radius 1 is 1.03 bits per heavy atom. The number of benzene rings is 2. The van der Waals surface area contributed by atoms with Crippen molar-refractivity contribution in [1.82, 2.24) is 30.8 Å². The maximum atomic E-state index is 12.8. The standard InChI is InChI=1S/C21H24N6OS/c1-26(2)14-13-22-21(29)24-23-20(28)18-15-27(17-11-7-4-8-12-17)25-19(18)16-9-5-3-6-10-16/h3-12,15H,13-14H2,1-2H3,(H,23,28)(H2,22,24,29). The molecule has 1 heterocycles. The minimum absolute atomic E-state index is 0.317. The molecule has 0 aliphatic rings. The van der Waals surface area contributed by atoms with Crippen LogP contribution in [-0.2, 0) is 0 Å². The van der Waals surface area contributed by atoms with E-state index in [-0.39, 0.29) is 5.91 Å². The van der Waals surface area contributed by atoms with Gasteiger partial charge in [-0.2, -0.15) is 5.10 Å². The van der Waals surface area contributed by atoms with Crippen molar-refractivity contribution >= 4 is 23.2 Å². The number of carbonyl (C=O) groups excluding carboxylic acids is 1. The van der Waals surface area contributed by atoms with Crippen LogP contribution in [0.3, 0.4) is 0 Å². The van der Waals surface area contributed by atoms with Crippen molar-refractivity contribution < 1.29 is 4.79 Å². The fraction of sp³-hybridized carbons (Fsp3) is 0.190. The topological polar surface area (TPSA) is 74.2 Å². The van der Waals surface area contributed by atoms with Crippen molar-refractivity contribution in [2.45, 2.75) is 0 Å². The summed E-state index contributed by atoms with van der Waals surface area (Å²) in [4.78, 5) is 14.9. The average Bonchev–Trinajstić information content (AvgIpc) is 3.19. The monoisotopic (exact) mass is 408 g/mol. The maximum absolute atomic E-state index is 12.8. The highest BCUT2D eigenvalue weighted by Gasteiger charge is 2.18. The summed E-state index contributed by atoms with van der Waals surface area (Å²) in [7, 11) is 3.96. The Hall–Kier alpha value is -3.23. The number of hydrogen-bond donors (Lipinski definition) is 3. The lowest BCUT2D eigenvalue weighted by molar-refractivity contribution is 0.0944. The van der Waals surface area contributed by atoms with Gasteiger partial charge in [-0.05, 0) is 38.4 Å². The van der Waals surface area contributed by atoms with Crippen LogP contribution in [0.25, 0.3) is 16.9 Å². The summed E-state index contributed by atoms with van der Waals surface area (Å²) in [6, 6.07) is 19.3. The van der Waals surface area contributed by atoms with E-state index in [1.54, 1.807) is 10.9 Å². The van der Waals surface area contributed by atoms with Crippen molar-refractivity contribution in [1.29, 1.82) is 0 Å². The van der Waals surface area contributed by atoms with E-state index in [2.05, 4.69) is 21.3 Å². The van der Waals surface area contributed by atoms with Crippen LogP contribution in [-0.4, -0.2) is 52.9 Å². The molecule has 0 aliphatic carbocycles. The highest BCUT2D eigenvalue weighted by molar-refractivity contribution is 7.80. The molecule has 0 fully saturated rings. The molecule has 8 heteroatoms. The molecular formula is C21H24N6OS. The number of nitrogens with one attached hydrogen (secondary N) is 3. The Balaban J connectivity index is 1.77. The van der Waals surface area contributed by atoms with Gasteiger partial charge in [0.25, 0.3) is 5.91 Å². The molecule has 29 heavy (non-hydrogen) atoms. The molecule has 3 rings (SSSR count). The third-order valence-corrected chi connectivity index (χ3v) is 4.41. The largest absolute Gasteiger partial charge is 0.360 e.